The van der Waals surface area contributed by atoms with Gasteiger partial charge in [0.15, 0.2) is 0 Å². The molecular weight excluding hydrogens is 230 g/mol. The maximum absolute atomic E-state index is 11.3. The topological polar surface area (TPSA) is 58.6 Å². The van der Waals surface area contributed by atoms with Gasteiger partial charge in [0.2, 0.25) is 0 Å². The van der Waals surface area contributed by atoms with Gasteiger partial charge in [-0.3, -0.25) is 0 Å². The Kier molecular flexibility index (Phi) is 3.87. The zero-order valence-electron chi connectivity index (χ0n) is 10.6. The van der Waals surface area contributed by atoms with Crippen molar-refractivity contribution in [3.05, 3.63) is 29.8 Å². The lowest BCUT2D eigenvalue weighted by Gasteiger charge is -2.40. The Bertz CT molecular complexity index is 404. The molecule has 0 heterocycles. The largest absolute Gasteiger partial charge is 0.465 e. The molecule has 0 unspecified atom stereocenters. The summed E-state index contributed by atoms with van der Waals surface area (Å²) >= 11 is 0. The van der Waals surface area contributed by atoms with Crippen molar-refractivity contribution in [3.63, 3.8) is 0 Å². The minimum Gasteiger partial charge on any atom is -0.465 e. The summed E-state index contributed by atoms with van der Waals surface area (Å²) in [5.74, 6) is -0.327. The van der Waals surface area contributed by atoms with Crippen molar-refractivity contribution in [2.24, 2.45) is 5.41 Å². The first-order valence-electron chi connectivity index (χ1n) is 6.22. The van der Waals surface area contributed by atoms with E-state index in [4.69, 9.17) is 0 Å². The van der Waals surface area contributed by atoms with Crippen LogP contribution in [0.5, 0.6) is 0 Å². The van der Waals surface area contributed by atoms with E-state index >= 15 is 0 Å². The van der Waals surface area contributed by atoms with Gasteiger partial charge in [0, 0.05) is 17.6 Å². The number of rotatable bonds is 5. The fourth-order valence-corrected chi connectivity index (χ4v) is 2.20. The Balaban J connectivity index is 1.92. The Hall–Kier alpha value is -1.55. The second-order valence-corrected chi connectivity index (χ2v) is 4.93. The van der Waals surface area contributed by atoms with Crippen LogP contribution in [0.1, 0.15) is 29.6 Å². The van der Waals surface area contributed by atoms with Crippen LogP contribution in [0.3, 0.4) is 0 Å². The molecule has 2 rings (SSSR count). The highest BCUT2D eigenvalue weighted by molar-refractivity contribution is 5.89. The average Bonchev–Trinajstić information content (AvgIpc) is 2.38. The van der Waals surface area contributed by atoms with E-state index < -0.39 is 0 Å². The molecule has 0 spiro atoms. The Morgan fingerprint density at radius 1 is 1.39 bits per heavy atom. The minimum atomic E-state index is -0.327. The highest BCUT2D eigenvalue weighted by Gasteiger charge is 2.35. The molecule has 0 bridgehead atoms. The lowest BCUT2D eigenvalue weighted by molar-refractivity contribution is 0.0576. The third-order valence-electron chi connectivity index (χ3n) is 3.72. The molecule has 1 saturated carbocycles. The van der Waals surface area contributed by atoms with Crippen LogP contribution in [0.2, 0.25) is 0 Å². The van der Waals surface area contributed by atoms with Crippen LogP contribution in [-0.4, -0.2) is 31.3 Å². The lowest BCUT2D eigenvalue weighted by atomic mass is 9.69. The van der Waals surface area contributed by atoms with Crippen molar-refractivity contribution in [1.29, 1.82) is 0 Å². The maximum Gasteiger partial charge on any atom is 0.337 e. The van der Waals surface area contributed by atoms with Crippen LogP contribution in [0.25, 0.3) is 0 Å². The van der Waals surface area contributed by atoms with Gasteiger partial charge in [0.25, 0.3) is 0 Å². The second kappa shape index (κ2) is 5.40. The van der Waals surface area contributed by atoms with Crippen LogP contribution in [0, 0.1) is 5.41 Å². The summed E-state index contributed by atoms with van der Waals surface area (Å²) < 4.78 is 4.64. The molecule has 0 aliphatic heterocycles. The summed E-state index contributed by atoms with van der Waals surface area (Å²) in [5, 5.41) is 12.7. The second-order valence-electron chi connectivity index (χ2n) is 4.93. The number of hydrogen-bond acceptors (Lipinski definition) is 4. The molecule has 1 aromatic carbocycles. The number of benzene rings is 1. The molecule has 1 aliphatic rings. The molecule has 0 radical (unpaired) electrons. The van der Waals surface area contributed by atoms with Crippen molar-refractivity contribution in [1.82, 2.24) is 0 Å². The van der Waals surface area contributed by atoms with Gasteiger partial charge in [-0.2, -0.15) is 0 Å². The number of methoxy groups -OCH3 is 1. The van der Waals surface area contributed by atoms with Crippen LogP contribution < -0.4 is 5.32 Å². The number of carbonyl (C=O) groups is 1. The van der Waals surface area contributed by atoms with E-state index in [1.54, 1.807) is 12.1 Å². The van der Waals surface area contributed by atoms with Gasteiger partial charge in [0.1, 0.15) is 0 Å². The van der Waals surface area contributed by atoms with Crippen LogP contribution in [0.4, 0.5) is 5.69 Å². The van der Waals surface area contributed by atoms with E-state index in [0.29, 0.717) is 5.56 Å². The molecule has 4 nitrogen and oxygen atoms in total. The number of esters is 1. The average molecular weight is 249 g/mol. The van der Waals surface area contributed by atoms with Crippen molar-refractivity contribution < 1.29 is 14.6 Å². The summed E-state index contributed by atoms with van der Waals surface area (Å²) in [6.07, 6.45) is 3.36. The van der Waals surface area contributed by atoms with E-state index in [1.807, 2.05) is 12.1 Å². The molecular formula is C14H19NO3. The van der Waals surface area contributed by atoms with Crippen LogP contribution >= 0.6 is 0 Å². The molecule has 18 heavy (non-hydrogen) atoms. The summed E-state index contributed by atoms with van der Waals surface area (Å²) in [4.78, 5) is 11.3. The highest BCUT2D eigenvalue weighted by Crippen LogP contribution is 2.40. The molecule has 1 aliphatic carbocycles. The van der Waals surface area contributed by atoms with Gasteiger partial charge in [-0.15, -0.1) is 0 Å². The Morgan fingerprint density at radius 3 is 2.50 bits per heavy atom. The van der Waals surface area contributed by atoms with E-state index in [2.05, 4.69) is 10.1 Å². The van der Waals surface area contributed by atoms with Crippen LogP contribution in [0.15, 0.2) is 24.3 Å². The standard InChI is InChI=1S/C14H19NO3/c1-18-13(17)11-3-5-12(6-4-11)15-9-14(10-16)7-2-8-14/h3-6,15-16H,2,7-10H2,1H3. The fourth-order valence-electron chi connectivity index (χ4n) is 2.20. The number of ether oxygens (including phenoxy) is 1. The number of anilines is 1. The van der Waals surface area contributed by atoms with Crippen molar-refractivity contribution >= 4 is 11.7 Å². The van der Waals surface area contributed by atoms with Gasteiger partial charge >= 0.3 is 5.97 Å². The van der Waals surface area contributed by atoms with Gasteiger partial charge in [-0.25, -0.2) is 4.79 Å². The summed E-state index contributed by atoms with van der Waals surface area (Å²) in [6, 6.07) is 7.19. The quantitative estimate of drug-likeness (QED) is 0.784. The van der Waals surface area contributed by atoms with Gasteiger partial charge in [0.05, 0.1) is 19.3 Å². The van der Waals surface area contributed by atoms with Gasteiger partial charge in [-0.05, 0) is 37.1 Å². The molecule has 2 N–H and O–H groups in total. The first-order chi connectivity index (χ1) is 8.69. The molecule has 1 aromatic rings. The SMILES string of the molecule is COC(=O)c1ccc(NCC2(CO)CCC2)cc1. The van der Waals surface area contributed by atoms with E-state index in [1.165, 1.54) is 13.5 Å². The first-order valence-corrected chi connectivity index (χ1v) is 6.22. The van der Waals surface area contributed by atoms with E-state index in [-0.39, 0.29) is 18.0 Å². The molecule has 4 heteroatoms. The molecule has 0 aromatic heterocycles. The zero-order valence-corrected chi connectivity index (χ0v) is 10.6. The number of aliphatic hydroxyl groups excluding tert-OH is 1. The smallest absolute Gasteiger partial charge is 0.337 e. The molecule has 1 fully saturated rings. The van der Waals surface area contributed by atoms with Crippen molar-refractivity contribution in [2.75, 3.05) is 25.6 Å². The van der Waals surface area contributed by atoms with E-state index in [0.717, 1.165) is 25.1 Å². The molecule has 0 amide bonds. The van der Waals surface area contributed by atoms with Crippen molar-refractivity contribution in [2.45, 2.75) is 19.3 Å². The lowest BCUT2D eigenvalue weighted by Crippen LogP contribution is -2.39. The van der Waals surface area contributed by atoms with Gasteiger partial charge < -0.3 is 15.2 Å². The maximum atomic E-state index is 11.3. The predicted octanol–water partition coefficient (Wildman–Crippen LogP) is 2.05. The number of hydrogen-bond donors (Lipinski definition) is 2. The third kappa shape index (κ3) is 2.64. The molecule has 98 valence electrons. The third-order valence-corrected chi connectivity index (χ3v) is 3.72. The number of carbonyl (C=O) groups excluding carboxylic acids is 1. The summed E-state index contributed by atoms with van der Waals surface area (Å²) in [5.41, 5.74) is 1.56. The van der Waals surface area contributed by atoms with E-state index in [9.17, 15) is 9.90 Å². The molecule has 0 saturated heterocycles. The summed E-state index contributed by atoms with van der Waals surface area (Å²) in [7, 11) is 1.37. The Morgan fingerprint density at radius 2 is 2.06 bits per heavy atom. The normalized spacial score (nSPS) is 16.8. The predicted molar refractivity (Wildman–Crippen MR) is 69.6 cm³/mol. The Labute approximate surface area is 107 Å². The monoisotopic (exact) mass is 249 g/mol. The first kappa shape index (κ1) is 12.9. The summed E-state index contributed by atoms with van der Waals surface area (Å²) in [6.45, 7) is 1.02. The van der Waals surface area contributed by atoms with Crippen molar-refractivity contribution in [3.8, 4) is 0 Å². The minimum absolute atomic E-state index is 0.0566. The fraction of sp³-hybridized carbons (Fsp3) is 0.500. The highest BCUT2D eigenvalue weighted by atomic mass is 16.5. The number of aliphatic hydroxyl groups is 1. The number of nitrogens with one attached hydrogen (secondary N) is 1. The molecule has 0 atom stereocenters. The van der Waals surface area contributed by atoms with Gasteiger partial charge in [-0.1, -0.05) is 6.42 Å². The van der Waals surface area contributed by atoms with Crippen LogP contribution in [-0.2, 0) is 4.74 Å². The zero-order chi connectivity index (χ0) is 13.0.